The number of fused-ring (bicyclic) bond motifs is 10. The third kappa shape index (κ3) is 4.71. The van der Waals surface area contributed by atoms with Gasteiger partial charge in [-0.05, 0) is 159 Å². The van der Waals surface area contributed by atoms with Crippen molar-refractivity contribution in [2.75, 3.05) is 0 Å². The SMILES string of the molecule is CC1C[C@H](O)[C@@]2(C)CC[C@H]3[C@@H](CCC4=C(Cl)C(=O)CC[C@@]43C)[C@H]12.C[C@]1(O)CC[C@H]2[C@@H]3CCC4(Cl)C(Cl)C(=O)CC[C@]4(C)[C@H]3CC[C@@]21C. The Hall–Kier alpha value is -0.130. The number of aliphatic hydroxyl groups is 2. The van der Waals surface area contributed by atoms with Gasteiger partial charge in [0.15, 0.2) is 11.6 Å². The van der Waals surface area contributed by atoms with Crippen molar-refractivity contribution in [3.63, 3.8) is 0 Å². The van der Waals surface area contributed by atoms with Gasteiger partial charge < -0.3 is 10.2 Å². The highest BCUT2D eigenvalue weighted by atomic mass is 35.5. The minimum Gasteiger partial charge on any atom is -0.393 e. The molecule has 0 spiro atoms. The van der Waals surface area contributed by atoms with E-state index in [1.54, 1.807) is 0 Å². The second-order valence-corrected chi connectivity index (χ2v) is 20.5. The topological polar surface area (TPSA) is 74.6 Å². The summed E-state index contributed by atoms with van der Waals surface area (Å²) >= 11 is 20.1. The fourth-order valence-electron chi connectivity index (χ4n) is 14.4. The van der Waals surface area contributed by atoms with Crippen molar-refractivity contribution in [3.8, 4) is 0 Å². The van der Waals surface area contributed by atoms with Crippen LogP contribution in [0.25, 0.3) is 0 Å². The van der Waals surface area contributed by atoms with Crippen LogP contribution in [-0.2, 0) is 9.59 Å². The van der Waals surface area contributed by atoms with E-state index in [4.69, 9.17) is 34.8 Å². The lowest BCUT2D eigenvalue weighted by atomic mass is 9.44. The van der Waals surface area contributed by atoms with Gasteiger partial charge in [-0.25, -0.2) is 0 Å². The van der Waals surface area contributed by atoms with E-state index >= 15 is 0 Å². The number of halogens is 3. The summed E-state index contributed by atoms with van der Waals surface area (Å²) in [5, 5.41) is 21.6. The summed E-state index contributed by atoms with van der Waals surface area (Å²) in [6, 6.07) is 0. The Labute approximate surface area is 298 Å². The summed E-state index contributed by atoms with van der Waals surface area (Å²) in [5.41, 5.74) is 0.896. The molecule has 0 heterocycles. The van der Waals surface area contributed by atoms with Crippen LogP contribution in [0.1, 0.15) is 138 Å². The maximum atomic E-state index is 12.2. The maximum Gasteiger partial charge on any atom is 0.174 e. The highest BCUT2D eigenvalue weighted by Gasteiger charge is 2.68. The fourth-order valence-corrected chi connectivity index (χ4v) is 15.8. The van der Waals surface area contributed by atoms with Crippen molar-refractivity contribution in [1.29, 1.82) is 0 Å². The molecule has 0 aromatic rings. The maximum absolute atomic E-state index is 12.2. The molecule has 0 amide bonds. The van der Waals surface area contributed by atoms with Gasteiger partial charge in [0.1, 0.15) is 5.38 Å². The number of hydrogen-bond acceptors (Lipinski definition) is 4. The summed E-state index contributed by atoms with van der Waals surface area (Å²) < 4.78 is 0. The number of hydrogen-bond donors (Lipinski definition) is 2. The second-order valence-electron chi connectivity index (χ2n) is 19.0. The second kappa shape index (κ2) is 11.4. The first-order valence-electron chi connectivity index (χ1n) is 19.0. The summed E-state index contributed by atoms with van der Waals surface area (Å²) in [5.74, 6) is 4.58. The van der Waals surface area contributed by atoms with Crippen LogP contribution in [0.3, 0.4) is 0 Å². The molecule has 0 radical (unpaired) electrons. The lowest BCUT2D eigenvalue weighted by Crippen LogP contribution is -2.64. The zero-order valence-electron chi connectivity index (χ0n) is 29.6. The highest BCUT2D eigenvalue weighted by molar-refractivity contribution is 6.43. The molecule has 4 nitrogen and oxygen atoms in total. The lowest BCUT2D eigenvalue weighted by Gasteiger charge is -2.64. The minimum atomic E-state index is -0.583. The average molecular weight is 710 g/mol. The van der Waals surface area contributed by atoms with Crippen LogP contribution in [0, 0.1) is 63.1 Å². The summed E-state index contributed by atoms with van der Waals surface area (Å²) in [4.78, 5) is 23.7. The first-order valence-corrected chi connectivity index (χ1v) is 20.2. The predicted molar refractivity (Wildman–Crippen MR) is 190 cm³/mol. The molecule has 0 aliphatic heterocycles. The Morgan fingerprint density at radius 1 is 0.745 bits per heavy atom. The molecule has 264 valence electrons. The number of alkyl halides is 2. The van der Waals surface area contributed by atoms with Crippen molar-refractivity contribution in [1.82, 2.24) is 0 Å². The molecule has 8 rings (SSSR count). The van der Waals surface area contributed by atoms with Gasteiger partial charge in [-0.1, -0.05) is 46.2 Å². The van der Waals surface area contributed by atoms with Gasteiger partial charge in [-0.3, -0.25) is 9.59 Å². The Morgan fingerprint density at radius 2 is 1.40 bits per heavy atom. The van der Waals surface area contributed by atoms with E-state index in [1.807, 2.05) is 6.92 Å². The van der Waals surface area contributed by atoms with Crippen molar-refractivity contribution in [3.05, 3.63) is 10.6 Å². The molecule has 3 unspecified atom stereocenters. The number of carbonyl (C=O) groups excluding carboxylic acids is 2. The van der Waals surface area contributed by atoms with Gasteiger partial charge in [0.05, 0.1) is 21.6 Å². The van der Waals surface area contributed by atoms with Gasteiger partial charge in [-0.2, -0.15) is 0 Å². The fraction of sp³-hybridized carbons (Fsp3) is 0.900. The Balaban J connectivity index is 0.000000150. The van der Waals surface area contributed by atoms with Crippen molar-refractivity contribution >= 4 is 46.4 Å². The number of carbonyl (C=O) groups is 2. The van der Waals surface area contributed by atoms with Crippen LogP contribution in [0.4, 0.5) is 0 Å². The van der Waals surface area contributed by atoms with Gasteiger partial charge in [-0.15, -0.1) is 23.2 Å². The molecule has 7 fully saturated rings. The molecular formula is C40H59Cl3O4. The summed E-state index contributed by atoms with van der Waals surface area (Å²) in [7, 11) is 0. The average Bonchev–Trinajstić information content (AvgIpc) is 3.41. The van der Waals surface area contributed by atoms with Crippen LogP contribution in [0.2, 0.25) is 0 Å². The molecule has 47 heavy (non-hydrogen) atoms. The molecule has 2 N–H and O–H groups in total. The molecule has 15 atom stereocenters. The van der Waals surface area contributed by atoms with E-state index in [9.17, 15) is 19.8 Å². The Kier molecular flexibility index (Phi) is 8.58. The van der Waals surface area contributed by atoms with Crippen molar-refractivity contribution < 1.29 is 19.8 Å². The van der Waals surface area contributed by atoms with E-state index in [1.165, 1.54) is 12.0 Å². The largest absolute Gasteiger partial charge is 0.393 e. The quantitative estimate of drug-likeness (QED) is 0.246. The normalized spacial score (nSPS) is 56.7. The first-order chi connectivity index (χ1) is 21.9. The molecule has 7 heteroatoms. The highest BCUT2D eigenvalue weighted by Crippen LogP contribution is 2.71. The van der Waals surface area contributed by atoms with Crippen LogP contribution in [0.5, 0.6) is 0 Å². The molecule has 0 bridgehead atoms. The standard InChI is InChI=1S/C20H30Cl2O2.C20H29ClO2/c1-17-8-5-14-12(13(17)6-10-19(17,3)24)4-11-20(22)16(21)15(23)7-9-18(14,20)2;1-11-10-16(23)20(3)8-6-13-12(17(11)20)4-5-14-18(21)15(22)7-9-19(13,14)2/h12-14,16,24H,4-11H2,1-3H3;11-13,16-17,23H,4-10H2,1-3H3/t12-,13-,14-,16?,17-,18+,19-,20?;11?,12-,13+,16+,17+,19-,20-/m01/s1. The Morgan fingerprint density at radius 3 is 2.13 bits per heavy atom. The molecule has 0 saturated heterocycles. The van der Waals surface area contributed by atoms with Gasteiger partial charge >= 0.3 is 0 Å². The molecule has 0 aromatic heterocycles. The number of aliphatic hydroxyl groups excluding tert-OH is 1. The van der Waals surface area contributed by atoms with Gasteiger partial charge in [0.25, 0.3) is 0 Å². The van der Waals surface area contributed by atoms with Crippen LogP contribution in [0.15, 0.2) is 10.6 Å². The molecule has 8 aliphatic carbocycles. The number of Topliss-reactive ketones (excluding diaryl/α,β-unsaturated/α-hetero) is 2. The van der Waals surface area contributed by atoms with E-state index < -0.39 is 15.9 Å². The Bertz CT molecular complexity index is 1360. The third-order valence-corrected chi connectivity index (χ3v) is 19.5. The third-order valence-electron chi connectivity index (χ3n) is 17.5. The van der Waals surface area contributed by atoms with Crippen LogP contribution < -0.4 is 0 Å². The number of rotatable bonds is 0. The monoisotopic (exact) mass is 708 g/mol. The summed E-state index contributed by atoms with van der Waals surface area (Å²) in [6.45, 7) is 13.7. The van der Waals surface area contributed by atoms with E-state index in [2.05, 4.69) is 34.6 Å². The van der Waals surface area contributed by atoms with Gasteiger partial charge in [0, 0.05) is 12.8 Å². The smallest absolute Gasteiger partial charge is 0.174 e. The van der Waals surface area contributed by atoms with Crippen LogP contribution >= 0.6 is 34.8 Å². The predicted octanol–water partition coefficient (Wildman–Crippen LogP) is 9.62. The van der Waals surface area contributed by atoms with E-state index in [0.29, 0.717) is 59.3 Å². The summed E-state index contributed by atoms with van der Waals surface area (Å²) in [6.07, 6.45) is 14.4. The van der Waals surface area contributed by atoms with Crippen molar-refractivity contribution in [2.24, 2.45) is 63.1 Å². The molecule has 8 aliphatic rings. The van der Waals surface area contributed by atoms with Gasteiger partial charge in [0.2, 0.25) is 0 Å². The lowest BCUT2D eigenvalue weighted by molar-refractivity contribution is -0.147. The van der Waals surface area contributed by atoms with E-state index in [0.717, 1.165) is 77.0 Å². The zero-order chi connectivity index (χ0) is 34.1. The van der Waals surface area contributed by atoms with E-state index in [-0.39, 0.29) is 39.3 Å². The molecule has 7 saturated carbocycles. The molecule has 0 aromatic carbocycles. The first kappa shape index (κ1) is 35.3. The minimum absolute atomic E-state index is 0.0295. The zero-order valence-corrected chi connectivity index (χ0v) is 31.9. The number of allylic oxidation sites excluding steroid dienone is 1. The van der Waals surface area contributed by atoms with Crippen LogP contribution in [-0.4, -0.2) is 43.7 Å². The van der Waals surface area contributed by atoms with Crippen molar-refractivity contribution in [2.45, 2.75) is 160 Å². The number of ketones is 2. The molecular weight excluding hydrogens is 651 g/mol.